The maximum atomic E-state index is 12.4. The van der Waals surface area contributed by atoms with Crippen molar-refractivity contribution in [1.82, 2.24) is 9.88 Å². The molecule has 1 aliphatic heterocycles. The minimum Gasteiger partial charge on any atom is -0.334 e. The number of halogens is 1. The van der Waals surface area contributed by atoms with Crippen LogP contribution in [0.25, 0.3) is 0 Å². The molecule has 2 aliphatic rings. The first-order valence-corrected chi connectivity index (χ1v) is 6.51. The Bertz CT molecular complexity index is 493. The van der Waals surface area contributed by atoms with E-state index in [-0.39, 0.29) is 5.91 Å². The van der Waals surface area contributed by atoms with Crippen molar-refractivity contribution in [2.24, 2.45) is 11.8 Å². The van der Waals surface area contributed by atoms with Crippen molar-refractivity contribution < 1.29 is 4.79 Å². The van der Waals surface area contributed by atoms with Gasteiger partial charge in [0.1, 0.15) is 11.5 Å². The van der Waals surface area contributed by atoms with Crippen LogP contribution in [-0.4, -0.2) is 28.4 Å². The van der Waals surface area contributed by atoms with Gasteiger partial charge in [0.15, 0.2) is 0 Å². The van der Waals surface area contributed by atoms with Gasteiger partial charge in [-0.05, 0) is 37.3 Å². The monoisotopic (exact) mass is 266 g/mol. The number of nitrogens with two attached hydrogens (primary N) is 1. The minimum absolute atomic E-state index is 0.0794. The van der Waals surface area contributed by atoms with Gasteiger partial charge in [0, 0.05) is 12.6 Å². The molecule has 5 nitrogen and oxygen atoms in total. The molecule has 1 aliphatic carbocycles. The molecular weight excluding hydrogens is 252 g/mol. The number of piperidine rings is 1. The number of nitrogens with one attached hydrogen (secondary N) is 1. The van der Waals surface area contributed by atoms with E-state index in [1.54, 1.807) is 12.1 Å². The number of pyridine rings is 1. The third kappa shape index (κ3) is 1.83. The van der Waals surface area contributed by atoms with Gasteiger partial charge >= 0.3 is 0 Å². The number of hydrazine groups is 1. The Morgan fingerprint density at radius 2 is 2.33 bits per heavy atom. The number of hydrogen-bond acceptors (Lipinski definition) is 4. The van der Waals surface area contributed by atoms with E-state index < -0.39 is 0 Å². The zero-order valence-corrected chi connectivity index (χ0v) is 10.7. The van der Waals surface area contributed by atoms with Crippen molar-refractivity contribution in [3.63, 3.8) is 0 Å². The number of nitrogen functional groups attached to an aromatic ring is 1. The SMILES string of the molecule is NNc1ccc(Cl)c(C(=O)N2CC3CCC2C3)n1. The molecule has 2 heterocycles. The van der Waals surface area contributed by atoms with Crippen LogP contribution < -0.4 is 11.3 Å². The first-order chi connectivity index (χ1) is 8.69. The standard InChI is InChI=1S/C12H15ClN4O/c13-9-3-4-10(16-14)15-11(9)12(18)17-6-7-1-2-8(17)5-7/h3-4,7-8H,1-2,5-6,14H2,(H,15,16). The minimum atomic E-state index is -0.0794. The van der Waals surface area contributed by atoms with Gasteiger partial charge in [-0.15, -0.1) is 0 Å². The summed E-state index contributed by atoms with van der Waals surface area (Å²) in [6.45, 7) is 0.835. The molecule has 0 spiro atoms. The number of rotatable bonds is 2. The van der Waals surface area contributed by atoms with Crippen molar-refractivity contribution in [3.05, 3.63) is 22.8 Å². The molecule has 1 saturated heterocycles. The fourth-order valence-corrected chi connectivity index (χ4v) is 3.17. The van der Waals surface area contributed by atoms with E-state index in [4.69, 9.17) is 17.4 Å². The molecule has 0 aromatic carbocycles. The molecule has 1 amide bonds. The first kappa shape index (κ1) is 11.7. The maximum absolute atomic E-state index is 12.4. The zero-order valence-electron chi connectivity index (χ0n) is 9.90. The molecule has 2 fully saturated rings. The van der Waals surface area contributed by atoms with Crippen molar-refractivity contribution in [2.75, 3.05) is 12.0 Å². The molecule has 0 radical (unpaired) electrons. The van der Waals surface area contributed by atoms with Gasteiger partial charge in [0.2, 0.25) is 0 Å². The lowest BCUT2D eigenvalue weighted by atomic mass is 10.1. The summed E-state index contributed by atoms with van der Waals surface area (Å²) in [6.07, 6.45) is 3.46. The summed E-state index contributed by atoms with van der Waals surface area (Å²) in [5.74, 6) is 6.33. The Labute approximate surface area is 110 Å². The molecule has 2 bridgehead atoms. The number of fused-ring (bicyclic) bond motifs is 2. The van der Waals surface area contributed by atoms with Crippen LogP contribution in [0.5, 0.6) is 0 Å². The molecule has 96 valence electrons. The number of carbonyl (C=O) groups excluding carboxylic acids is 1. The van der Waals surface area contributed by atoms with Crippen LogP contribution in [0.3, 0.4) is 0 Å². The van der Waals surface area contributed by atoms with Gasteiger partial charge in [-0.2, -0.15) is 0 Å². The molecule has 1 aromatic rings. The highest BCUT2D eigenvalue weighted by atomic mass is 35.5. The second kappa shape index (κ2) is 4.40. The Kier molecular flexibility index (Phi) is 2.87. The Hall–Kier alpha value is -1.33. The average Bonchev–Trinajstić information content (AvgIpc) is 3.01. The second-order valence-electron chi connectivity index (χ2n) is 4.96. The smallest absolute Gasteiger partial charge is 0.274 e. The zero-order chi connectivity index (χ0) is 12.7. The number of amides is 1. The van der Waals surface area contributed by atoms with Crippen LogP contribution in [-0.2, 0) is 0 Å². The van der Waals surface area contributed by atoms with E-state index in [0.29, 0.717) is 28.5 Å². The molecule has 2 unspecified atom stereocenters. The number of anilines is 1. The van der Waals surface area contributed by atoms with Gasteiger partial charge < -0.3 is 10.3 Å². The maximum Gasteiger partial charge on any atom is 0.274 e. The largest absolute Gasteiger partial charge is 0.334 e. The highest BCUT2D eigenvalue weighted by Gasteiger charge is 2.41. The number of likely N-dealkylation sites (tertiary alicyclic amines) is 1. The predicted octanol–water partition coefficient (Wildman–Crippen LogP) is 1.65. The topological polar surface area (TPSA) is 71.2 Å². The molecule has 3 N–H and O–H groups in total. The summed E-state index contributed by atoms with van der Waals surface area (Å²) >= 11 is 6.05. The summed E-state index contributed by atoms with van der Waals surface area (Å²) < 4.78 is 0. The Morgan fingerprint density at radius 3 is 2.94 bits per heavy atom. The first-order valence-electron chi connectivity index (χ1n) is 6.13. The molecule has 1 aromatic heterocycles. The molecule has 2 atom stereocenters. The number of nitrogens with zero attached hydrogens (tertiary/aromatic N) is 2. The normalized spacial score (nSPS) is 25.6. The third-order valence-electron chi connectivity index (χ3n) is 3.87. The van der Waals surface area contributed by atoms with E-state index in [2.05, 4.69) is 10.4 Å². The van der Waals surface area contributed by atoms with Crippen molar-refractivity contribution >= 4 is 23.3 Å². The fourth-order valence-electron chi connectivity index (χ4n) is 2.98. The van der Waals surface area contributed by atoms with E-state index >= 15 is 0 Å². The van der Waals surface area contributed by atoms with E-state index in [9.17, 15) is 4.79 Å². The Morgan fingerprint density at radius 1 is 1.50 bits per heavy atom. The van der Waals surface area contributed by atoms with Gasteiger partial charge in [0.25, 0.3) is 5.91 Å². The van der Waals surface area contributed by atoms with E-state index in [1.165, 1.54) is 6.42 Å². The van der Waals surface area contributed by atoms with Crippen LogP contribution >= 0.6 is 11.6 Å². The van der Waals surface area contributed by atoms with E-state index in [0.717, 1.165) is 19.4 Å². The van der Waals surface area contributed by atoms with Crippen molar-refractivity contribution in [3.8, 4) is 0 Å². The second-order valence-corrected chi connectivity index (χ2v) is 5.37. The molecule has 1 saturated carbocycles. The number of carbonyl (C=O) groups is 1. The predicted molar refractivity (Wildman–Crippen MR) is 69.2 cm³/mol. The van der Waals surface area contributed by atoms with Crippen LogP contribution in [0.15, 0.2) is 12.1 Å². The molecular formula is C12H15ClN4O. The van der Waals surface area contributed by atoms with Crippen LogP contribution in [0.4, 0.5) is 5.82 Å². The van der Waals surface area contributed by atoms with Crippen LogP contribution in [0.2, 0.25) is 5.02 Å². The lowest BCUT2D eigenvalue weighted by molar-refractivity contribution is 0.0698. The van der Waals surface area contributed by atoms with Crippen LogP contribution in [0.1, 0.15) is 29.8 Å². The number of aromatic nitrogens is 1. The molecule has 6 heteroatoms. The van der Waals surface area contributed by atoms with Gasteiger partial charge in [-0.1, -0.05) is 11.6 Å². The van der Waals surface area contributed by atoms with Gasteiger partial charge in [-0.25, -0.2) is 10.8 Å². The van der Waals surface area contributed by atoms with Crippen molar-refractivity contribution in [2.45, 2.75) is 25.3 Å². The summed E-state index contributed by atoms with van der Waals surface area (Å²) in [7, 11) is 0. The highest BCUT2D eigenvalue weighted by Crippen LogP contribution is 2.38. The van der Waals surface area contributed by atoms with Gasteiger partial charge in [-0.3, -0.25) is 4.79 Å². The van der Waals surface area contributed by atoms with Gasteiger partial charge in [0.05, 0.1) is 5.02 Å². The average molecular weight is 267 g/mol. The van der Waals surface area contributed by atoms with Crippen molar-refractivity contribution in [1.29, 1.82) is 0 Å². The third-order valence-corrected chi connectivity index (χ3v) is 4.17. The molecule has 3 rings (SSSR count). The summed E-state index contributed by atoms with van der Waals surface area (Å²) in [6, 6.07) is 3.66. The number of hydrogen-bond donors (Lipinski definition) is 2. The quantitative estimate of drug-likeness (QED) is 0.631. The fraction of sp³-hybridized carbons (Fsp3) is 0.500. The van der Waals surface area contributed by atoms with E-state index in [1.807, 2.05) is 4.90 Å². The molecule has 18 heavy (non-hydrogen) atoms. The lowest BCUT2D eigenvalue weighted by Crippen LogP contribution is -2.38. The summed E-state index contributed by atoms with van der Waals surface area (Å²) in [4.78, 5) is 18.5. The van der Waals surface area contributed by atoms with Crippen LogP contribution in [0, 0.1) is 5.92 Å². The highest BCUT2D eigenvalue weighted by molar-refractivity contribution is 6.33. The summed E-state index contributed by atoms with van der Waals surface area (Å²) in [5.41, 5.74) is 2.72. The lowest BCUT2D eigenvalue weighted by Gasteiger charge is -2.27. The Balaban J connectivity index is 1.88. The summed E-state index contributed by atoms with van der Waals surface area (Å²) in [5, 5.41) is 0.377.